The Bertz CT molecular complexity index is 773. The number of nitrogens with zero attached hydrogens (tertiary/aromatic N) is 1. The van der Waals surface area contributed by atoms with Gasteiger partial charge >= 0.3 is 0 Å². The van der Waals surface area contributed by atoms with Crippen molar-refractivity contribution < 1.29 is 18.7 Å². The van der Waals surface area contributed by atoms with Gasteiger partial charge in [0, 0.05) is 31.4 Å². The first kappa shape index (κ1) is 16.4. The van der Waals surface area contributed by atoms with Crippen LogP contribution < -0.4 is 10.1 Å². The van der Waals surface area contributed by atoms with Crippen LogP contribution in [0.4, 0.5) is 0 Å². The minimum Gasteiger partial charge on any atom is -0.497 e. The summed E-state index contributed by atoms with van der Waals surface area (Å²) in [5.74, 6) is 1.29. The highest BCUT2D eigenvalue weighted by Gasteiger charge is 2.29. The lowest BCUT2D eigenvalue weighted by molar-refractivity contribution is -0.125. The summed E-state index contributed by atoms with van der Waals surface area (Å²) in [6.07, 6.45) is 1.37. The molecule has 1 N–H and O–H groups in total. The number of aryl methyl sites for hydroxylation is 1. The normalized spacial score (nSPS) is 15.5. The van der Waals surface area contributed by atoms with Crippen LogP contribution in [0.2, 0.25) is 0 Å². The third kappa shape index (κ3) is 2.84. The van der Waals surface area contributed by atoms with E-state index in [-0.39, 0.29) is 17.7 Å². The first-order chi connectivity index (χ1) is 11.5. The molecule has 0 spiro atoms. The number of likely N-dealkylation sites (tertiary alicyclic amines) is 1. The van der Waals surface area contributed by atoms with Gasteiger partial charge in [0.25, 0.3) is 5.91 Å². The van der Waals surface area contributed by atoms with E-state index in [1.54, 1.807) is 26.0 Å². The second kappa shape index (κ2) is 6.55. The number of ether oxygens (including phenoxy) is 1. The van der Waals surface area contributed by atoms with Gasteiger partial charge in [-0.2, -0.15) is 0 Å². The van der Waals surface area contributed by atoms with Crippen LogP contribution in [-0.4, -0.2) is 44.0 Å². The standard InChI is InChI=1S/C18H22N2O4/c1-11-16(14-10-13(23-3)4-5-15(14)24-11)18(22)20-8-6-12(7-9-20)17(21)19-2/h4-5,10,12H,6-9H2,1-3H3,(H,19,21). The van der Waals surface area contributed by atoms with Crippen molar-refractivity contribution in [3.8, 4) is 5.75 Å². The lowest BCUT2D eigenvalue weighted by atomic mass is 9.95. The van der Waals surface area contributed by atoms with Crippen molar-refractivity contribution >= 4 is 22.8 Å². The Morgan fingerprint density at radius 2 is 2.00 bits per heavy atom. The highest BCUT2D eigenvalue weighted by atomic mass is 16.5. The Balaban J connectivity index is 1.84. The van der Waals surface area contributed by atoms with E-state index in [0.29, 0.717) is 48.6 Å². The molecule has 6 nitrogen and oxygen atoms in total. The van der Waals surface area contributed by atoms with Crippen molar-refractivity contribution in [2.75, 3.05) is 27.2 Å². The summed E-state index contributed by atoms with van der Waals surface area (Å²) in [5, 5.41) is 3.45. The minimum absolute atomic E-state index is 0.0127. The average molecular weight is 330 g/mol. The average Bonchev–Trinajstić information content (AvgIpc) is 2.95. The summed E-state index contributed by atoms with van der Waals surface area (Å²) < 4.78 is 11.0. The molecule has 0 saturated carbocycles. The number of furan rings is 1. The molecule has 0 atom stereocenters. The fraction of sp³-hybridized carbons (Fsp3) is 0.444. The lowest BCUT2D eigenvalue weighted by Crippen LogP contribution is -2.42. The number of methoxy groups -OCH3 is 1. The number of nitrogens with one attached hydrogen (secondary N) is 1. The van der Waals surface area contributed by atoms with Crippen LogP contribution >= 0.6 is 0 Å². The topological polar surface area (TPSA) is 71.8 Å². The third-order valence-corrected chi connectivity index (χ3v) is 4.68. The van der Waals surface area contributed by atoms with Crippen molar-refractivity contribution in [1.29, 1.82) is 0 Å². The molecule has 1 saturated heterocycles. The Morgan fingerprint density at radius 1 is 1.29 bits per heavy atom. The monoisotopic (exact) mass is 330 g/mol. The van der Waals surface area contributed by atoms with E-state index in [0.717, 1.165) is 5.39 Å². The quantitative estimate of drug-likeness (QED) is 0.938. The van der Waals surface area contributed by atoms with Gasteiger partial charge in [-0.1, -0.05) is 0 Å². The van der Waals surface area contributed by atoms with Crippen LogP contribution in [0.15, 0.2) is 22.6 Å². The maximum Gasteiger partial charge on any atom is 0.258 e. The molecule has 24 heavy (non-hydrogen) atoms. The fourth-order valence-corrected chi connectivity index (χ4v) is 3.30. The van der Waals surface area contributed by atoms with Crippen molar-refractivity contribution in [2.45, 2.75) is 19.8 Å². The molecule has 1 aromatic heterocycles. The van der Waals surface area contributed by atoms with Gasteiger partial charge in [-0.25, -0.2) is 0 Å². The molecule has 2 amide bonds. The summed E-state index contributed by atoms with van der Waals surface area (Å²) in [4.78, 5) is 26.5. The summed E-state index contributed by atoms with van der Waals surface area (Å²) in [5.41, 5.74) is 1.26. The van der Waals surface area contributed by atoms with E-state index in [1.807, 2.05) is 18.2 Å². The molecule has 128 valence electrons. The SMILES string of the molecule is CNC(=O)C1CCN(C(=O)c2c(C)oc3ccc(OC)cc23)CC1. The molecule has 1 aromatic carbocycles. The smallest absolute Gasteiger partial charge is 0.258 e. The van der Waals surface area contributed by atoms with Gasteiger partial charge in [0.15, 0.2) is 0 Å². The zero-order valence-corrected chi connectivity index (χ0v) is 14.2. The number of fused-ring (bicyclic) bond motifs is 1. The van der Waals surface area contributed by atoms with Crippen molar-refractivity contribution in [2.24, 2.45) is 5.92 Å². The van der Waals surface area contributed by atoms with Gasteiger partial charge in [-0.05, 0) is 38.0 Å². The molecule has 0 unspecified atom stereocenters. The summed E-state index contributed by atoms with van der Waals surface area (Å²) >= 11 is 0. The number of rotatable bonds is 3. The molecule has 3 rings (SSSR count). The van der Waals surface area contributed by atoms with Gasteiger partial charge in [-0.15, -0.1) is 0 Å². The number of benzene rings is 1. The van der Waals surface area contributed by atoms with Gasteiger partial charge in [0.2, 0.25) is 5.91 Å². The molecular weight excluding hydrogens is 308 g/mol. The largest absolute Gasteiger partial charge is 0.497 e. The lowest BCUT2D eigenvalue weighted by Gasteiger charge is -2.31. The zero-order chi connectivity index (χ0) is 17.3. The summed E-state index contributed by atoms with van der Waals surface area (Å²) in [6, 6.07) is 5.46. The van der Waals surface area contributed by atoms with E-state index < -0.39 is 0 Å². The molecular formula is C18H22N2O4. The second-order valence-electron chi connectivity index (χ2n) is 6.08. The maximum atomic E-state index is 13.0. The summed E-state index contributed by atoms with van der Waals surface area (Å²) in [6.45, 7) is 2.96. The molecule has 1 aliphatic heterocycles. The molecule has 0 radical (unpaired) electrons. The molecule has 6 heteroatoms. The number of hydrogen-bond acceptors (Lipinski definition) is 4. The molecule has 1 aliphatic rings. The van der Waals surface area contributed by atoms with Crippen LogP contribution in [0.25, 0.3) is 11.0 Å². The highest BCUT2D eigenvalue weighted by Crippen LogP contribution is 2.31. The van der Waals surface area contributed by atoms with Crippen molar-refractivity contribution in [1.82, 2.24) is 10.2 Å². The van der Waals surface area contributed by atoms with Crippen LogP contribution in [0.3, 0.4) is 0 Å². The second-order valence-corrected chi connectivity index (χ2v) is 6.08. The van der Waals surface area contributed by atoms with E-state index in [9.17, 15) is 9.59 Å². The first-order valence-corrected chi connectivity index (χ1v) is 8.13. The van der Waals surface area contributed by atoms with Crippen LogP contribution in [0.5, 0.6) is 5.75 Å². The zero-order valence-electron chi connectivity index (χ0n) is 14.2. The Hall–Kier alpha value is -2.50. The molecule has 1 fully saturated rings. The fourth-order valence-electron chi connectivity index (χ4n) is 3.30. The molecule has 0 bridgehead atoms. The number of piperidine rings is 1. The molecule has 2 heterocycles. The number of carbonyl (C=O) groups is 2. The van der Waals surface area contributed by atoms with E-state index in [2.05, 4.69) is 5.32 Å². The van der Waals surface area contributed by atoms with Crippen LogP contribution in [0, 0.1) is 12.8 Å². The van der Waals surface area contributed by atoms with Gasteiger partial charge < -0.3 is 19.4 Å². The van der Waals surface area contributed by atoms with Crippen molar-refractivity contribution in [3.05, 3.63) is 29.5 Å². The first-order valence-electron chi connectivity index (χ1n) is 8.13. The van der Waals surface area contributed by atoms with E-state index in [4.69, 9.17) is 9.15 Å². The van der Waals surface area contributed by atoms with Crippen LogP contribution in [0.1, 0.15) is 29.0 Å². The predicted octanol–water partition coefficient (Wildman–Crippen LogP) is 2.35. The Labute approximate surface area is 140 Å². The number of carbonyl (C=O) groups excluding carboxylic acids is 2. The summed E-state index contributed by atoms with van der Waals surface area (Å²) in [7, 11) is 3.24. The third-order valence-electron chi connectivity index (χ3n) is 4.68. The Morgan fingerprint density at radius 3 is 2.62 bits per heavy atom. The van der Waals surface area contributed by atoms with Gasteiger partial charge in [0.05, 0.1) is 12.7 Å². The van der Waals surface area contributed by atoms with Crippen molar-refractivity contribution in [3.63, 3.8) is 0 Å². The van der Waals surface area contributed by atoms with Gasteiger partial charge in [-0.3, -0.25) is 9.59 Å². The maximum absolute atomic E-state index is 13.0. The van der Waals surface area contributed by atoms with E-state index >= 15 is 0 Å². The predicted molar refractivity (Wildman–Crippen MR) is 90.2 cm³/mol. The number of hydrogen-bond donors (Lipinski definition) is 1. The minimum atomic E-state index is -0.0464. The number of amides is 2. The molecule has 0 aliphatic carbocycles. The van der Waals surface area contributed by atoms with Gasteiger partial charge in [0.1, 0.15) is 17.1 Å². The van der Waals surface area contributed by atoms with E-state index in [1.165, 1.54) is 0 Å². The molecule has 2 aromatic rings. The van der Waals surface area contributed by atoms with Crippen LogP contribution in [-0.2, 0) is 4.79 Å². The Kier molecular flexibility index (Phi) is 4.46. The highest BCUT2D eigenvalue weighted by molar-refractivity contribution is 6.07.